The number of nitro groups is 1. The molecule has 8 heteroatoms. The molecule has 0 spiro atoms. The fourth-order valence-electron chi connectivity index (χ4n) is 3.16. The maximum atomic E-state index is 11.4. The summed E-state index contributed by atoms with van der Waals surface area (Å²) in [5.74, 6) is -3.36. The van der Waals surface area contributed by atoms with Crippen LogP contribution >= 0.6 is 0 Å². The fraction of sp³-hybridized carbons (Fsp3) is 0.0833. The largest absolute Gasteiger partial charge is 0.507 e. The molecule has 0 bridgehead atoms. The van der Waals surface area contributed by atoms with Crippen LogP contribution in [-0.2, 0) is 22.7 Å². The molecule has 3 aromatic rings. The minimum Gasteiger partial charge on any atom is -0.507 e. The first-order valence-corrected chi connectivity index (χ1v) is 9.64. The molecule has 0 aliphatic rings. The van der Waals surface area contributed by atoms with Crippen LogP contribution in [-0.4, -0.2) is 26.9 Å². The number of rotatable bonds is 9. The number of hydrogen-bond acceptors (Lipinski definition) is 6. The standard InChI is InChI=1S/C24H20N2O6/c27-22(14-23(28)24(29)30)19-9-5-10-20(13-19)25(15-17-6-2-1-3-7-17)16-18-8-4-11-21(12-18)26(31)32/h1-14,27H,15-16H2,(H,29,30)/b22-14-. The van der Waals surface area contributed by atoms with E-state index in [2.05, 4.69) is 0 Å². The lowest BCUT2D eigenvalue weighted by molar-refractivity contribution is -0.384. The van der Waals surface area contributed by atoms with Crippen LogP contribution in [0.3, 0.4) is 0 Å². The summed E-state index contributed by atoms with van der Waals surface area (Å²) in [4.78, 5) is 34.8. The van der Waals surface area contributed by atoms with Crippen molar-refractivity contribution in [2.24, 2.45) is 0 Å². The van der Waals surface area contributed by atoms with Gasteiger partial charge in [-0.15, -0.1) is 0 Å². The van der Waals surface area contributed by atoms with E-state index in [1.54, 1.807) is 36.4 Å². The zero-order valence-electron chi connectivity index (χ0n) is 16.9. The third-order valence-corrected chi connectivity index (χ3v) is 4.70. The second kappa shape index (κ2) is 10.0. The van der Waals surface area contributed by atoms with Gasteiger partial charge in [0.2, 0.25) is 0 Å². The van der Waals surface area contributed by atoms with E-state index in [9.17, 15) is 24.8 Å². The van der Waals surface area contributed by atoms with Crippen LogP contribution in [0.5, 0.6) is 0 Å². The van der Waals surface area contributed by atoms with Crippen molar-refractivity contribution in [3.8, 4) is 0 Å². The van der Waals surface area contributed by atoms with Gasteiger partial charge in [0.25, 0.3) is 11.5 Å². The number of anilines is 1. The van der Waals surface area contributed by atoms with Crippen molar-refractivity contribution in [2.45, 2.75) is 13.1 Å². The maximum absolute atomic E-state index is 11.4. The Labute approximate surface area is 183 Å². The highest BCUT2D eigenvalue weighted by atomic mass is 16.6. The van der Waals surface area contributed by atoms with E-state index >= 15 is 0 Å². The van der Waals surface area contributed by atoms with Crippen molar-refractivity contribution in [1.82, 2.24) is 0 Å². The lowest BCUT2D eigenvalue weighted by atomic mass is 10.1. The lowest BCUT2D eigenvalue weighted by Crippen LogP contribution is -2.22. The van der Waals surface area contributed by atoms with Crippen LogP contribution in [0, 0.1) is 10.1 Å². The molecule has 0 saturated carbocycles. The Balaban J connectivity index is 1.96. The Bertz CT molecular complexity index is 1170. The van der Waals surface area contributed by atoms with Gasteiger partial charge in [0.1, 0.15) is 5.76 Å². The molecule has 0 fully saturated rings. The number of nitro benzene ring substituents is 1. The molecular formula is C24H20N2O6. The molecular weight excluding hydrogens is 412 g/mol. The first kappa shape index (κ1) is 22.2. The SMILES string of the molecule is O=C(O)C(=O)/C=C(\O)c1cccc(N(Cc2ccccc2)Cc2cccc([N+](=O)[O-])c2)c1. The Morgan fingerprint density at radius 1 is 0.875 bits per heavy atom. The average molecular weight is 432 g/mol. The summed E-state index contributed by atoms with van der Waals surface area (Å²) < 4.78 is 0. The quantitative estimate of drug-likeness (QED) is 0.169. The monoisotopic (exact) mass is 432 g/mol. The molecule has 0 atom stereocenters. The third-order valence-electron chi connectivity index (χ3n) is 4.70. The van der Waals surface area contributed by atoms with Crippen LogP contribution in [0.1, 0.15) is 16.7 Å². The fourth-order valence-corrected chi connectivity index (χ4v) is 3.16. The molecule has 0 aliphatic heterocycles. The van der Waals surface area contributed by atoms with Gasteiger partial charge in [-0.1, -0.05) is 54.6 Å². The highest BCUT2D eigenvalue weighted by Crippen LogP contribution is 2.25. The van der Waals surface area contributed by atoms with E-state index in [0.717, 1.165) is 11.1 Å². The molecule has 0 heterocycles. The topological polar surface area (TPSA) is 121 Å². The van der Waals surface area contributed by atoms with E-state index in [1.165, 1.54) is 12.1 Å². The van der Waals surface area contributed by atoms with Crippen LogP contribution in [0.15, 0.2) is 84.9 Å². The van der Waals surface area contributed by atoms with Gasteiger partial charge in [-0.25, -0.2) is 4.79 Å². The summed E-state index contributed by atoms with van der Waals surface area (Å²) in [5.41, 5.74) is 2.67. The van der Waals surface area contributed by atoms with Crippen LogP contribution < -0.4 is 4.90 Å². The number of carboxylic acid groups (broad SMARTS) is 1. The Hall–Kier alpha value is -4.46. The number of ketones is 1. The Morgan fingerprint density at radius 3 is 2.22 bits per heavy atom. The summed E-state index contributed by atoms with van der Waals surface area (Å²) in [6.45, 7) is 0.823. The number of aliphatic hydroxyl groups is 1. The Morgan fingerprint density at radius 2 is 1.53 bits per heavy atom. The minimum absolute atomic E-state index is 0.0105. The first-order valence-electron chi connectivity index (χ1n) is 9.64. The van der Waals surface area contributed by atoms with Gasteiger partial charge >= 0.3 is 5.97 Å². The number of aliphatic hydroxyl groups excluding tert-OH is 1. The lowest BCUT2D eigenvalue weighted by Gasteiger charge is -2.26. The van der Waals surface area contributed by atoms with Crippen molar-refractivity contribution < 1.29 is 24.7 Å². The second-order valence-electron chi connectivity index (χ2n) is 7.02. The van der Waals surface area contributed by atoms with Crippen LogP contribution in [0.25, 0.3) is 5.76 Å². The van der Waals surface area contributed by atoms with E-state index < -0.39 is 22.4 Å². The predicted molar refractivity (Wildman–Crippen MR) is 119 cm³/mol. The van der Waals surface area contributed by atoms with Crippen molar-refractivity contribution in [3.63, 3.8) is 0 Å². The molecule has 162 valence electrons. The van der Waals surface area contributed by atoms with Crippen molar-refractivity contribution in [3.05, 3.63) is 112 Å². The number of aliphatic carboxylic acids is 1. The van der Waals surface area contributed by atoms with E-state index in [1.807, 2.05) is 35.2 Å². The highest BCUT2D eigenvalue weighted by Gasteiger charge is 2.14. The van der Waals surface area contributed by atoms with Gasteiger partial charge in [-0.05, 0) is 23.3 Å². The van der Waals surface area contributed by atoms with E-state index in [0.29, 0.717) is 24.9 Å². The summed E-state index contributed by atoms with van der Waals surface area (Å²) in [7, 11) is 0. The molecule has 0 aliphatic carbocycles. The third kappa shape index (κ3) is 5.79. The number of nitrogens with zero attached hydrogens (tertiary/aromatic N) is 2. The van der Waals surface area contributed by atoms with Crippen molar-refractivity contribution in [1.29, 1.82) is 0 Å². The van der Waals surface area contributed by atoms with E-state index in [4.69, 9.17) is 5.11 Å². The number of benzene rings is 3. The summed E-state index contributed by atoms with van der Waals surface area (Å²) in [6.07, 6.45) is 0.656. The smallest absolute Gasteiger partial charge is 0.376 e. The van der Waals surface area contributed by atoms with Crippen LogP contribution in [0.4, 0.5) is 11.4 Å². The van der Waals surface area contributed by atoms with Crippen molar-refractivity contribution >= 4 is 28.9 Å². The average Bonchev–Trinajstić information content (AvgIpc) is 2.79. The molecule has 0 aromatic heterocycles. The van der Waals surface area contributed by atoms with Crippen LogP contribution in [0.2, 0.25) is 0 Å². The van der Waals surface area contributed by atoms with Gasteiger partial charge in [0.15, 0.2) is 0 Å². The molecule has 3 aromatic carbocycles. The molecule has 2 N–H and O–H groups in total. The normalized spacial score (nSPS) is 11.1. The van der Waals surface area contributed by atoms with Gasteiger partial charge in [0, 0.05) is 42.5 Å². The number of hydrogen-bond donors (Lipinski definition) is 2. The molecule has 3 rings (SSSR count). The Kier molecular flexibility index (Phi) is 6.97. The predicted octanol–water partition coefficient (Wildman–Crippen LogP) is 4.35. The molecule has 0 amide bonds. The first-order chi connectivity index (χ1) is 15.3. The molecule has 0 unspecified atom stereocenters. The van der Waals surface area contributed by atoms with Crippen molar-refractivity contribution in [2.75, 3.05) is 4.90 Å². The highest BCUT2D eigenvalue weighted by molar-refractivity contribution is 6.38. The molecule has 0 saturated heterocycles. The second-order valence-corrected chi connectivity index (χ2v) is 7.02. The zero-order chi connectivity index (χ0) is 23.1. The number of non-ortho nitro benzene ring substituents is 1. The molecule has 0 radical (unpaired) electrons. The summed E-state index contributed by atoms with van der Waals surface area (Å²) in [6, 6.07) is 22.6. The maximum Gasteiger partial charge on any atom is 0.376 e. The summed E-state index contributed by atoms with van der Waals surface area (Å²) >= 11 is 0. The van der Waals surface area contributed by atoms with Gasteiger partial charge in [0.05, 0.1) is 4.92 Å². The molecule has 8 nitrogen and oxygen atoms in total. The molecule has 32 heavy (non-hydrogen) atoms. The number of carbonyl (C=O) groups is 2. The van der Waals surface area contributed by atoms with Gasteiger partial charge < -0.3 is 15.1 Å². The number of carboxylic acids is 1. The number of carbonyl (C=O) groups excluding carboxylic acids is 1. The minimum atomic E-state index is -1.66. The van der Waals surface area contributed by atoms with E-state index in [-0.39, 0.29) is 11.3 Å². The summed E-state index contributed by atoms with van der Waals surface area (Å²) in [5, 5.41) is 30.1. The van der Waals surface area contributed by atoms with Gasteiger partial charge in [-0.3, -0.25) is 14.9 Å². The van der Waals surface area contributed by atoms with Gasteiger partial charge in [-0.2, -0.15) is 0 Å². The zero-order valence-corrected chi connectivity index (χ0v) is 16.9.